The standard InChI is InChI=1S/C13H24N2O3/c1-11-8-15(9-12(10-16)18-11)13(17)14-6-4-2-3-5-7-14/h11-12,16H,2-10H2,1H3. The summed E-state index contributed by atoms with van der Waals surface area (Å²) in [5.41, 5.74) is 0. The Balaban J connectivity index is 1.94. The lowest BCUT2D eigenvalue weighted by atomic mass is 10.2. The largest absolute Gasteiger partial charge is 0.394 e. The molecule has 2 atom stereocenters. The van der Waals surface area contributed by atoms with Crippen molar-refractivity contribution in [2.24, 2.45) is 0 Å². The van der Waals surface area contributed by atoms with Crippen molar-refractivity contribution in [1.82, 2.24) is 9.80 Å². The molecule has 0 aliphatic carbocycles. The zero-order chi connectivity index (χ0) is 13.0. The summed E-state index contributed by atoms with van der Waals surface area (Å²) in [5.74, 6) is 0. The minimum Gasteiger partial charge on any atom is -0.394 e. The second kappa shape index (κ2) is 6.38. The van der Waals surface area contributed by atoms with Gasteiger partial charge in [-0.3, -0.25) is 0 Å². The number of carbonyl (C=O) groups is 1. The van der Waals surface area contributed by atoms with Gasteiger partial charge in [-0.05, 0) is 19.8 Å². The Hall–Kier alpha value is -0.810. The molecule has 2 rings (SSSR count). The van der Waals surface area contributed by atoms with Gasteiger partial charge in [-0.1, -0.05) is 12.8 Å². The van der Waals surface area contributed by atoms with Crippen LogP contribution in [0.3, 0.4) is 0 Å². The van der Waals surface area contributed by atoms with Crippen molar-refractivity contribution in [2.75, 3.05) is 32.8 Å². The molecule has 18 heavy (non-hydrogen) atoms. The van der Waals surface area contributed by atoms with Crippen LogP contribution in [0.5, 0.6) is 0 Å². The molecule has 5 nitrogen and oxygen atoms in total. The van der Waals surface area contributed by atoms with E-state index in [0.29, 0.717) is 13.1 Å². The Morgan fingerprint density at radius 1 is 1.17 bits per heavy atom. The number of likely N-dealkylation sites (tertiary alicyclic amines) is 1. The Morgan fingerprint density at radius 2 is 1.83 bits per heavy atom. The highest BCUT2D eigenvalue weighted by atomic mass is 16.5. The van der Waals surface area contributed by atoms with Crippen molar-refractivity contribution in [3.63, 3.8) is 0 Å². The zero-order valence-electron chi connectivity index (χ0n) is 11.2. The van der Waals surface area contributed by atoms with Crippen molar-refractivity contribution < 1.29 is 14.6 Å². The van der Waals surface area contributed by atoms with Crippen LogP contribution in [0.1, 0.15) is 32.6 Å². The lowest BCUT2D eigenvalue weighted by Crippen LogP contribution is -2.54. The highest BCUT2D eigenvalue weighted by Crippen LogP contribution is 2.16. The topological polar surface area (TPSA) is 53.0 Å². The number of ether oxygens (including phenoxy) is 1. The molecule has 0 spiro atoms. The molecule has 2 amide bonds. The number of hydrogen-bond donors (Lipinski definition) is 1. The van der Waals surface area contributed by atoms with Crippen LogP contribution in [0.4, 0.5) is 4.79 Å². The number of carbonyl (C=O) groups excluding carboxylic acids is 1. The van der Waals surface area contributed by atoms with E-state index in [4.69, 9.17) is 4.74 Å². The summed E-state index contributed by atoms with van der Waals surface area (Å²) < 4.78 is 5.57. The number of morpholine rings is 1. The SMILES string of the molecule is CC1CN(C(=O)N2CCCCCC2)CC(CO)O1. The average Bonchev–Trinajstić information content (AvgIpc) is 2.65. The monoisotopic (exact) mass is 256 g/mol. The van der Waals surface area contributed by atoms with Crippen LogP contribution in [0, 0.1) is 0 Å². The predicted octanol–water partition coefficient (Wildman–Crippen LogP) is 1.06. The zero-order valence-corrected chi connectivity index (χ0v) is 11.2. The van der Waals surface area contributed by atoms with E-state index in [9.17, 15) is 9.90 Å². The molecule has 104 valence electrons. The van der Waals surface area contributed by atoms with Crippen LogP contribution in [0.15, 0.2) is 0 Å². The molecular weight excluding hydrogens is 232 g/mol. The first-order valence-corrected chi connectivity index (χ1v) is 7.01. The molecule has 5 heteroatoms. The number of amides is 2. The van der Waals surface area contributed by atoms with Crippen molar-refractivity contribution in [3.05, 3.63) is 0 Å². The maximum Gasteiger partial charge on any atom is 0.320 e. The van der Waals surface area contributed by atoms with Crippen molar-refractivity contribution in [2.45, 2.75) is 44.8 Å². The minimum atomic E-state index is -0.232. The molecule has 0 aromatic rings. The van der Waals surface area contributed by atoms with Gasteiger partial charge in [0.05, 0.1) is 25.4 Å². The van der Waals surface area contributed by atoms with Gasteiger partial charge in [0, 0.05) is 19.6 Å². The van der Waals surface area contributed by atoms with Crippen molar-refractivity contribution in [1.29, 1.82) is 0 Å². The molecule has 1 N–H and O–H groups in total. The van der Waals surface area contributed by atoms with E-state index >= 15 is 0 Å². The number of rotatable bonds is 1. The van der Waals surface area contributed by atoms with E-state index in [1.165, 1.54) is 12.8 Å². The van der Waals surface area contributed by atoms with Crippen LogP contribution in [0.25, 0.3) is 0 Å². The Morgan fingerprint density at radius 3 is 2.44 bits per heavy atom. The van der Waals surface area contributed by atoms with Crippen LogP contribution in [-0.2, 0) is 4.74 Å². The van der Waals surface area contributed by atoms with Gasteiger partial charge in [0.25, 0.3) is 0 Å². The number of urea groups is 1. The molecule has 2 heterocycles. The summed E-state index contributed by atoms with van der Waals surface area (Å²) in [6.07, 6.45) is 4.44. The van der Waals surface area contributed by atoms with E-state index in [2.05, 4.69) is 0 Å². The Bertz CT molecular complexity index is 277. The first-order valence-electron chi connectivity index (χ1n) is 7.01. The van der Waals surface area contributed by atoms with E-state index in [0.717, 1.165) is 25.9 Å². The number of nitrogens with zero attached hydrogens (tertiary/aromatic N) is 2. The third-order valence-electron chi connectivity index (χ3n) is 3.68. The van der Waals surface area contributed by atoms with Crippen LogP contribution < -0.4 is 0 Å². The highest BCUT2D eigenvalue weighted by molar-refractivity contribution is 5.74. The normalized spacial score (nSPS) is 30.1. The summed E-state index contributed by atoms with van der Waals surface area (Å²) in [5, 5.41) is 9.19. The van der Waals surface area contributed by atoms with Gasteiger partial charge in [-0.25, -0.2) is 4.79 Å². The first-order chi connectivity index (χ1) is 8.70. The molecule has 0 bridgehead atoms. The van der Waals surface area contributed by atoms with Crippen LogP contribution in [0.2, 0.25) is 0 Å². The molecule has 2 unspecified atom stereocenters. The molecule has 2 aliphatic heterocycles. The lowest BCUT2D eigenvalue weighted by Gasteiger charge is -2.38. The molecular formula is C13H24N2O3. The van der Waals surface area contributed by atoms with Crippen molar-refractivity contribution >= 4 is 6.03 Å². The highest BCUT2D eigenvalue weighted by Gasteiger charge is 2.30. The predicted molar refractivity (Wildman–Crippen MR) is 68.4 cm³/mol. The molecule has 0 aromatic carbocycles. The fourth-order valence-corrected chi connectivity index (χ4v) is 2.76. The Labute approximate surface area is 109 Å². The summed E-state index contributed by atoms with van der Waals surface area (Å²) in [6, 6.07) is 0.116. The van der Waals surface area contributed by atoms with Gasteiger partial charge in [-0.15, -0.1) is 0 Å². The first kappa shape index (κ1) is 13.6. The van der Waals surface area contributed by atoms with E-state index in [-0.39, 0.29) is 24.8 Å². The van der Waals surface area contributed by atoms with Gasteiger partial charge in [0.2, 0.25) is 0 Å². The molecule has 2 fully saturated rings. The van der Waals surface area contributed by atoms with Gasteiger partial charge in [-0.2, -0.15) is 0 Å². The summed E-state index contributed by atoms with van der Waals surface area (Å²) >= 11 is 0. The van der Waals surface area contributed by atoms with Gasteiger partial charge in [0.15, 0.2) is 0 Å². The molecule has 0 saturated carbocycles. The second-order valence-corrected chi connectivity index (χ2v) is 5.34. The van der Waals surface area contributed by atoms with E-state index < -0.39 is 0 Å². The van der Waals surface area contributed by atoms with Gasteiger partial charge < -0.3 is 19.6 Å². The third kappa shape index (κ3) is 3.36. The average molecular weight is 256 g/mol. The molecule has 0 aromatic heterocycles. The second-order valence-electron chi connectivity index (χ2n) is 5.34. The summed E-state index contributed by atoms with van der Waals surface area (Å²) in [6.45, 7) is 4.81. The fraction of sp³-hybridized carbons (Fsp3) is 0.923. The smallest absolute Gasteiger partial charge is 0.320 e. The quantitative estimate of drug-likeness (QED) is 0.763. The lowest BCUT2D eigenvalue weighted by molar-refractivity contribution is -0.0860. The van der Waals surface area contributed by atoms with Gasteiger partial charge >= 0.3 is 6.03 Å². The maximum absolute atomic E-state index is 12.4. The van der Waals surface area contributed by atoms with Crippen LogP contribution in [-0.4, -0.2) is 65.9 Å². The number of aliphatic hydroxyl groups is 1. The third-order valence-corrected chi connectivity index (χ3v) is 3.68. The molecule has 2 saturated heterocycles. The summed E-state index contributed by atoms with van der Waals surface area (Å²) in [4.78, 5) is 16.2. The minimum absolute atomic E-state index is 0.00632. The summed E-state index contributed by atoms with van der Waals surface area (Å²) in [7, 11) is 0. The molecule has 0 radical (unpaired) electrons. The van der Waals surface area contributed by atoms with E-state index in [1.54, 1.807) is 0 Å². The van der Waals surface area contributed by atoms with Crippen LogP contribution >= 0.6 is 0 Å². The number of hydrogen-bond acceptors (Lipinski definition) is 3. The Kier molecular flexibility index (Phi) is 4.83. The van der Waals surface area contributed by atoms with E-state index in [1.807, 2.05) is 16.7 Å². The van der Waals surface area contributed by atoms with Crippen molar-refractivity contribution in [3.8, 4) is 0 Å². The maximum atomic E-state index is 12.4. The molecule has 2 aliphatic rings. The van der Waals surface area contributed by atoms with Gasteiger partial charge in [0.1, 0.15) is 0 Å². The fourth-order valence-electron chi connectivity index (χ4n) is 2.76. The number of aliphatic hydroxyl groups excluding tert-OH is 1.